The maximum Gasteiger partial charge on any atom is 0.391 e. The highest BCUT2D eigenvalue weighted by molar-refractivity contribution is 7.99. The molecule has 1 amide bonds. The van der Waals surface area contributed by atoms with Gasteiger partial charge in [0.2, 0.25) is 0 Å². The molecule has 1 saturated carbocycles. The Hall–Kier alpha value is -2.00. The fraction of sp³-hybridized carbons (Fsp3) is 0.615. The van der Waals surface area contributed by atoms with Gasteiger partial charge < -0.3 is 9.73 Å². The number of nitrogens with zero attached hydrogens (tertiary/aromatic N) is 2. The second-order valence-electron chi connectivity index (χ2n) is 9.98. The zero-order valence-corrected chi connectivity index (χ0v) is 21.3. The summed E-state index contributed by atoms with van der Waals surface area (Å²) in [7, 11) is 0. The minimum Gasteiger partial charge on any atom is -0.454 e. The number of halogens is 3. The molecule has 4 rings (SSSR count). The molecule has 0 saturated heterocycles. The van der Waals surface area contributed by atoms with E-state index in [1.165, 1.54) is 0 Å². The summed E-state index contributed by atoms with van der Waals surface area (Å²) in [6, 6.07) is 5.75. The van der Waals surface area contributed by atoms with E-state index < -0.39 is 12.1 Å². The fourth-order valence-electron chi connectivity index (χ4n) is 5.34. The molecule has 5 nitrogen and oxygen atoms in total. The van der Waals surface area contributed by atoms with Crippen LogP contribution in [0.3, 0.4) is 0 Å². The maximum atomic E-state index is 13.0. The highest BCUT2D eigenvalue weighted by Crippen LogP contribution is 2.44. The summed E-state index contributed by atoms with van der Waals surface area (Å²) in [5.74, 6) is 1.18. The van der Waals surface area contributed by atoms with Gasteiger partial charge in [0.1, 0.15) is 5.76 Å². The number of fused-ring (bicyclic) bond motifs is 1. The van der Waals surface area contributed by atoms with Gasteiger partial charge in [-0.25, -0.2) is 0 Å². The molecule has 0 radical (unpaired) electrons. The number of carbonyl (C=O) groups is 1. The topological polar surface area (TPSA) is 58.4 Å². The van der Waals surface area contributed by atoms with Gasteiger partial charge in [-0.2, -0.15) is 13.2 Å². The molecule has 2 aliphatic rings. The van der Waals surface area contributed by atoms with Crippen molar-refractivity contribution in [1.82, 2.24) is 15.2 Å². The Balaban J connectivity index is 1.34. The predicted octanol–water partition coefficient (Wildman–Crippen LogP) is 6.60. The number of nitrogens with one attached hydrogen (secondary N) is 1. The van der Waals surface area contributed by atoms with Crippen LogP contribution in [0.15, 0.2) is 33.7 Å². The van der Waals surface area contributed by atoms with Crippen molar-refractivity contribution in [2.45, 2.75) is 76.7 Å². The minimum absolute atomic E-state index is 0.0252. The predicted molar refractivity (Wildman–Crippen MR) is 130 cm³/mol. The number of aromatic nitrogens is 1. The van der Waals surface area contributed by atoms with Crippen LogP contribution in [0, 0.1) is 17.8 Å². The third kappa shape index (κ3) is 6.23. The molecule has 2 aromatic heterocycles. The highest BCUT2D eigenvalue weighted by atomic mass is 32.2. The molecule has 9 heteroatoms. The smallest absolute Gasteiger partial charge is 0.391 e. The van der Waals surface area contributed by atoms with Crippen molar-refractivity contribution in [3.05, 3.63) is 47.2 Å². The van der Waals surface area contributed by atoms with Crippen LogP contribution in [-0.4, -0.2) is 34.3 Å². The molecule has 1 fully saturated rings. The van der Waals surface area contributed by atoms with Crippen molar-refractivity contribution in [2.24, 2.45) is 17.8 Å². The number of pyridine rings is 1. The normalized spacial score (nSPS) is 23.0. The van der Waals surface area contributed by atoms with Crippen LogP contribution in [0.5, 0.6) is 0 Å². The maximum absolute atomic E-state index is 13.0. The molecule has 1 atom stereocenters. The molecule has 1 aliphatic heterocycles. The summed E-state index contributed by atoms with van der Waals surface area (Å²) < 4.78 is 45.1. The van der Waals surface area contributed by atoms with Crippen molar-refractivity contribution >= 4 is 17.7 Å². The highest BCUT2D eigenvalue weighted by Gasteiger charge is 2.43. The Morgan fingerprint density at radius 2 is 2.00 bits per heavy atom. The molecule has 35 heavy (non-hydrogen) atoms. The van der Waals surface area contributed by atoms with E-state index in [9.17, 15) is 18.0 Å². The van der Waals surface area contributed by atoms with Gasteiger partial charge >= 0.3 is 6.18 Å². The summed E-state index contributed by atoms with van der Waals surface area (Å²) in [5, 5.41) is 2.89. The summed E-state index contributed by atoms with van der Waals surface area (Å²) in [6.07, 6.45) is -0.618. The van der Waals surface area contributed by atoms with Gasteiger partial charge in [-0.3, -0.25) is 14.7 Å². The average Bonchev–Trinajstić information content (AvgIpc) is 3.36. The van der Waals surface area contributed by atoms with E-state index in [-0.39, 0.29) is 36.6 Å². The number of amides is 1. The van der Waals surface area contributed by atoms with Crippen molar-refractivity contribution in [3.8, 4) is 0 Å². The monoisotopic (exact) mass is 509 g/mol. The number of thioether (sulfide) groups is 1. The van der Waals surface area contributed by atoms with Crippen LogP contribution in [-0.2, 0) is 13.1 Å². The first-order chi connectivity index (χ1) is 16.7. The molecule has 0 spiro atoms. The zero-order chi connectivity index (χ0) is 25.2. The van der Waals surface area contributed by atoms with Crippen LogP contribution in [0.4, 0.5) is 13.2 Å². The number of hydrogen-bond donors (Lipinski definition) is 1. The van der Waals surface area contributed by atoms with Crippen LogP contribution in [0.25, 0.3) is 0 Å². The number of alkyl halides is 3. The lowest BCUT2D eigenvalue weighted by molar-refractivity contribution is -0.184. The number of hydrogen-bond acceptors (Lipinski definition) is 5. The van der Waals surface area contributed by atoms with E-state index in [1.807, 2.05) is 24.4 Å². The Kier molecular flexibility index (Phi) is 8.16. The van der Waals surface area contributed by atoms with E-state index in [1.54, 1.807) is 11.8 Å². The summed E-state index contributed by atoms with van der Waals surface area (Å²) in [6.45, 7) is 8.06. The lowest BCUT2D eigenvalue weighted by Gasteiger charge is -2.35. The van der Waals surface area contributed by atoms with Crippen molar-refractivity contribution < 1.29 is 22.4 Å². The van der Waals surface area contributed by atoms with Crippen LogP contribution in [0.1, 0.15) is 80.1 Å². The summed E-state index contributed by atoms with van der Waals surface area (Å²) in [5.41, 5.74) is 1.78. The van der Waals surface area contributed by atoms with E-state index >= 15 is 0 Å². The molecule has 1 aliphatic carbocycles. The lowest BCUT2D eigenvalue weighted by Crippen LogP contribution is -2.35. The third-order valence-electron chi connectivity index (χ3n) is 7.07. The first kappa shape index (κ1) is 26.1. The largest absolute Gasteiger partial charge is 0.454 e. The number of carbonyl (C=O) groups excluding carboxylic acids is 1. The third-order valence-corrected chi connectivity index (χ3v) is 7.94. The van der Waals surface area contributed by atoms with Gasteiger partial charge in [0, 0.05) is 29.7 Å². The van der Waals surface area contributed by atoms with Gasteiger partial charge in [0.05, 0.1) is 24.2 Å². The van der Waals surface area contributed by atoms with Gasteiger partial charge in [0.25, 0.3) is 5.91 Å². The number of furan rings is 1. The van der Waals surface area contributed by atoms with E-state index in [0.717, 1.165) is 34.2 Å². The quantitative estimate of drug-likeness (QED) is 0.407. The van der Waals surface area contributed by atoms with Crippen molar-refractivity contribution in [2.75, 3.05) is 12.3 Å². The van der Waals surface area contributed by atoms with Gasteiger partial charge in [-0.15, -0.1) is 11.8 Å². The summed E-state index contributed by atoms with van der Waals surface area (Å²) >= 11 is 1.72. The molecule has 192 valence electrons. The van der Waals surface area contributed by atoms with Crippen molar-refractivity contribution in [1.29, 1.82) is 0 Å². The van der Waals surface area contributed by atoms with Crippen molar-refractivity contribution in [3.63, 3.8) is 0 Å². The second kappa shape index (κ2) is 10.9. The standard InChI is InChI=1S/C26H34F3N3O2S/c1-4-35-21-10-9-20(30-13-21)12-31-25(33)22-11-18-15-32(23(16(2)3)24(18)34-22)14-17-5-7-19(8-6-17)26(27,28)29/h9-11,13,16-17,19,23H,4-8,12,14-15H2,1-3H3,(H,31,33). The first-order valence-corrected chi connectivity index (χ1v) is 13.4. The fourth-order valence-corrected chi connectivity index (χ4v) is 5.97. The van der Waals surface area contributed by atoms with Crippen LogP contribution >= 0.6 is 11.8 Å². The molecular formula is C26H34F3N3O2S. The van der Waals surface area contributed by atoms with Crippen LogP contribution < -0.4 is 5.32 Å². The second-order valence-corrected chi connectivity index (χ2v) is 11.3. The molecule has 0 aromatic carbocycles. The molecule has 0 bridgehead atoms. The molecule has 2 aromatic rings. The van der Waals surface area contributed by atoms with Gasteiger partial charge in [-0.1, -0.05) is 20.8 Å². The van der Waals surface area contributed by atoms with Gasteiger partial charge in [0.15, 0.2) is 5.76 Å². The van der Waals surface area contributed by atoms with E-state index in [0.29, 0.717) is 31.7 Å². The van der Waals surface area contributed by atoms with Crippen LogP contribution in [0.2, 0.25) is 0 Å². The van der Waals surface area contributed by atoms with Gasteiger partial charge in [-0.05, 0) is 61.5 Å². The van der Waals surface area contributed by atoms with E-state index in [2.05, 4.69) is 36.0 Å². The first-order valence-electron chi connectivity index (χ1n) is 12.4. The van der Waals surface area contributed by atoms with E-state index in [4.69, 9.17) is 4.42 Å². The average molecular weight is 510 g/mol. The lowest BCUT2D eigenvalue weighted by atomic mass is 9.81. The zero-order valence-electron chi connectivity index (χ0n) is 20.5. The Morgan fingerprint density at radius 1 is 1.26 bits per heavy atom. The SMILES string of the molecule is CCSc1ccc(CNC(=O)c2cc3c(o2)C(C(C)C)N(CC2CCC(C(F)(F)F)CC2)C3)nc1. The molecule has 1 N–H and O–H groups in total. The Morgan fingerprint density at radius 3 is 2.60 bits per heavy atom. The number of rotatable bonds is 8. The molecule has 1 unspecified atom stereocenters. The Labute approximate surface area is 209 Å². The minimum atomic E-state index is -4.08. The Bertz CT molecular complexity index is 998. The molecule has 3 heterocycles. The molecular weight excluding hydrogens is 475 g/mol. The summed E-state index contributed by atoms with van der Waals surface area (Å²) in [4.78, 5) is 20.6.